The fourth-order valence-corrected chi connectivity index (χ4v) is 1.90. The van der Waals surface area contributed by atoms with Gasteiger partial charge in [-0.25, -0.2) is 0 Å². The third-order valence-corrected chi connectivity index (χ3v) is 2.52. The molecule has 0 bridgehead atoms. The predicted molar refractivity (Wildman–Crippen MR) is 53.3 cm³/mol. The maximum atomic E-state index is 5.77. The van der Waals surface area contributed by atoms with Gasteiger partial charge in [0, 0.05) is 4.88 Å². The van der Waals surface area contributed by atoms with Crippen LogP contribution in [0, 0.1) is 6.92 Å². The molecule has 0 aromatic carbocycles. The fraction of sp³-hybridized carbons (Fsp3) is 0.143. The van der Waals surface area contributed by atoms with Crippen molar-refractivity contribution < 1.29 is 0 Å². The zero-order valence-electron chi connectivity index (χ0n) is 7.03. The summed E-state index contributed by atoms with van der Waals surface area (Å²) in [5, 5.41) is 7.18. The Morgan fingerprint density at radius 1 is 1.46 bits per heavy atom. The van der Waals surface area contributed by atoms with E-state index in [9.17, 15) is 0 Å². The van der Waals surface area contributed by atoms with E-state index in [2.05, 4.69) is 15.2 Å². The molecule has 6 heteroatoms. The first kappa shape index (κ1) is 8.06. The average molecular weight is 195 g/mol. The van der Waals surface area contributed by atoms with Crippen LogP contribution >= 0.6 is 11.3 Å². The Labute approximate surface area is 78.8 Å². The van der Waals surface area contributed by atoms with Gasteiger partial charge in [-0.3, -0.25) is 5.10 Å². The van der Waals surface area contributed by atoms with E-state index < -0.39 is 0 Å². The molecule has 68 valence electrons. The molecule has 2 heterocycles. The van der Waals surface area contributed by atoms with Gasteiger partial charge < -0.3 is 11.5 Å². The molecule has 2 aromatic heterocycles. The van der Waals surface area contributed by atoms with Crippen LogP contribution in [0.15, 0.2) is 6.07 Å². The molecule has 5 nitrogen and oxygen atoms in total. The SMILES string of the molecule is Cc1cc(-c2nc(N)n[nH]2)c(N)s1. The van der Waals surface area contributed by atoms with Crippen LogP contribution in [0.3, 0.4) is 0 Å². The second-order valence-electron chi connectivity index (χ2n) is 2.68. The highest BCUT2D eigenvalue weighted by atomic mass is 32.1. The van der Waals surface area contributed by atoms with Crippen molar-refractivity contribution in [1.29, 1.82) is 0 Å². The lowest BCUT2D eigenvalue weighted by Gasteiger charge is -1.90. The minimum Gasteiger partial charge on any atom is -0.390 e. The largest absolute Gasteiger partial charge is 0.390 e. The number of anilines is 2. The van der Waals surface area contributed by atoms with Crippen molar-refractivity contribution in [3.05, 3.63) is 10.9 Å². The number of hydrogen-bond acceptors (Lipinski definition) is 5. The Bertz CT molecular complexity index is 430. The number of nitrogen functional groups attached to an aromatic ring is 2. The molecule has 0 aliphatic rings. The smallest absolute Gasteiger partial charge is 0.239 e. The number of H-pyrrole nitrogens is 1. The molecular weight excluding hydrogens is 186 g/mol. The van der Waals surface area contributed by atoms with Gasteiger partial charge in [0.2, 0.25) is 5.95 Å². The molecule has 5 N–H and O–H groups in total. The number of nitrogens with two attached hydrogens (primary N) is 2. The van der Waals surface area contributed by atoms with Gasteiger partial charge in [-0.1, -0.05) is 0 Å². The lowest BCUT2D eigenvalue weighted by Crippen LogP contribution is -1.86. The molecule has 0 unspecified atom stereocenters. The van der Waals surface area contributed by atoms with E-state index in [0.29, 0.717) is 5.82 Å². The summed E-state index contributed by atoms with van der Waals surface area (Å²) in [6, 6.07) is 1.96. The van der Waals surface area contributed by atoms with E-state index in [0.717, 1.165) is 15.4 Å². The molecular formula is C7H9N5S. The van der Waals surface area contributed by atoms with Gasteiger partial charge in [0.15, 0.2) is 5.82 Å². The number of aromatic nitrogens is 3. The molecule has 0 aliphatic heterocycles. The van der Waals surface area contributed by atoms with Crippen molar-refractivity contribution in [3.63, 3.8) is 0 Å². The van der Waals surface area contributed by atoms with Crippen LogP contribution in [0.25, 0.3) is 11.4 Å². The first-order valence-corrected chi connectivity index (χ1v) is 4.52. The molecule has 0 aliphatic carbocycles. The second-order valence-corrected chi connectivity index (χ2v) is 3.97. The number of aryl methyl sites for hydroxylation is 1. The van der Waals surface area contributed by atoms with Crippen molar-refractivity contribution in [3.8, 4) is 11.4 Å². The maximum Gasteiger partial charge on any atom is 0.239 e. The van der Waals surface area contributed by atoms with Crippen LogP contribution in [-0.2, 0) is 0 Å². The van der Waals surface area contributed by atoms with E-state index in [-0.39, 0.29) is 5.95 Å². The summed E-state index contributed by atoms with van der Waals surface area (Å²) in [6.45, 7) is 1.99. The molecule has 0 saturated carbocycles. The minimum absolute atomic E-state index is 0.234. The summed E-state index contributed by atoms with van der Waals surface area (Å²) in [4.78, 5) is 5.13. The number of hydrogen-bond donors (Lipinski definition) is 3. The molecule has 0 saturated heterocycles. The van der Waals surface area contributed by atoms with Gasteiger partial charge in [-0.15, -0.1) is 16.4 Å². The number of nitrogens with one attached hydrogen (secondary N) is 1. The lowest BCUT2D eigenvalue weighted by atomic mass is 10.3. The molecule has 0 fully saturated rings. The molecule has 0 atom stereocenters. The minimum atomic E-state index is 0.234. The predicted octanol–water partition coefficient (Wildman–Crippen LogP) is 1.01. The van der Waals surface area contributed by atoms with Crippen LogP contribution in [0.4, 0.5) is 10.9 Å². The number of nitrogens with zero attached hydrogens (tertiary/aromatic N) is 2. The summed E-state index contributed by atoms with van der Waals surface area (Å²) in [5.74, 6) is 0.859. The third-order valence-electron chi connectivity index (χ3n) is 1.64. The molecule has 0 spiro atoms. The van der Waals surface area contributed by atoms with E-state index in [1.54, 1.807) is 0 Å². The summed E-state index contributed by atoms with van der Waals surface area (Å²) in [5.41, 5.74) is 12.0. The van der Waals surface area contributed by atoms with E-state index in [1.807, 2.05) is 13.0 Å². The van der Waals surface area contributed by atoms with Crippen molar-refractivity contribution in [2.45, 2.75) is 6.92 Å². The highest BCUT2D eigenvalue weighted by molar-refractivity contribution is 7.16. The average Bonchev–Trinajstić information content (AvgIpc) is 2.58. The van der Waals surface area contributed by atoms with Crippen LogP contribution in [0.1, 0.15) is 4.88 Å². The van der Waals surface area contributed by atoms with Gasteiger partial charge in [0.05, 0.1) is 10.6 Å². The highest BCUT2D eigenvalue weighted by Crippen LogP contribution is 2.31. The van der Waals surface area contributed by atoms with Gasteiger partial charge in [-0.05, 0) is 13.0 Å². The monoisotopic (exact) mass is 195 g/mol. The number of aromatic amines is 1. The van der Waals surface area contributed by atoms with Crippen molar-refractivity contribution in [1.82, 2.24) is 15.2 Å². The van der Waals surface area contributed by atoms with Gasteiger partial charge in [-0.2, -0.15) is 4.98 Å². The fourth-order valence-electron chi connectivity index (χ4n) is 1.11. The lowest BCUT2D eigenvalue weighted by molar-refractivity contribution is 1.10. The van der Waals surface area contributed by atoms with E-state index in [4.69, 9.17) is 11.5 Å². The topological polar surface area (TPSA) is 93.6 Å². The third kappa shape index (κ3) is 1.35. The van der Waals surface area contributed by atoms with Crippen LogP contribution in [0.5, 0.6) is 0 Å². The first-order chi connectivity index (χ1) is 6.16. The Hall–Kier alpha value is -1.56. The molecule has 2 rings (SSSR count). The van der Waals surface area contributed by atoms with E-state index >= 15 is 0 Å². The summed E-state index contributed by atoms with van der Waals surface area (Å²) >= 11 is 1.52. The van der Waals surface area contributed by atoms with Crippen molar-refractivity contribution in [2.75, 3.05) is 11.5 Å². The summed E-state index contributed by atoms with van der Waals surface area (Å²) in [7, 11) is 0. The highest BCUT2D eigenvalue weighted by Gasteiger charge is 2.09. The Morgan fingerprint density at radius 2 is 2.23 bits per heavy atom. The quantitative estimate of drug-likeness (QED) is 0.633. The van der Waals surface area contributed by atoms with Crippen LogP contribution in [-0.4, -0.2) is 15.2 Å². The standard InChI is InChI=1S/C7H9N5S/c1-3-2-4(5(8)13-3)6-10-7(9)12-11-6/h2H,8H2,1H3,(H3,9,10,11,12). The van der Waals surface area contributed by atoms with Crippen LogP contribution < -0.4 is 11.5 Å². The Morgan fingerprint density at radius 3 is 2.69 bits per heavy atom. The maximum absolute atomic E-state index is 5.77. The van der Waals surface area contributed by atoms with E-state index in [1.165, 1.54) is 11.3 Å². The van der Waals surface area contributed by atoms with Crippen molar-refractivity contribution >= 4 is 22.3 Å². The summed E-state index contributed by atoms with van der Waals surface area (Å²) < 4.78 is 0. The zero-order chi connectivity index (χ0) is 9.42. The van der Waals surface area contributed by atoms with Crippen LogP contribution in [0.2, 0.25) is 0 Å². The van der Waals surface area contributed by atoms with Gasteiger partial charge in [0.1, 0.15) is 0 Å². The molecule has 13 heavy (non-hydrogen) atoms. The second kappa shape index (κ2) is 2.74. The van der Waals surface area contributed by atoms with Gasteiger partial charge in [0.25, 0.3) is 0 Å². The summed E-state index contributed by atoms with van der Waals surface area (Å²) in [6.07, 6.45) is 0. The zero-order valence-corrected chi connectivity index (χ0v) is 7.85. The number of thiophene rings is 1. The Kier molecular flexibility index (Phi) is 1.70. The van der Waals surface area contributed by atoms with Crippen molar-refractivity contribution in [2.24, 2.45) is 0 Å². The normalized spacial score (nSPS) is 10.5. The molecule has 0 radical (unpaired) electrons. The van der Waals surface area contributed by atoms with Gasteiger partial charge >= 0.3 is 0 Å². The first-order valence-electron chi connectivity index (χ1n) is 3.71. The molecule has 2 aromatic rings. The number of rotatable bonds is 1. The Balaban J connectivity index is 2.51. The molecule has 0 amide bonds.